The number of alkyl halides is 1. The number of benzene rings is 1. The summed E-state index contributed by atoms with van der Waals surface area (Å²) in [5.41, 5.74) is 0.995. The van der Waals surface area contributed by atoms with Crippen LogP contribution in [0.1, 0.15) is 19.4 Å². The number of hydrogen-bond donors (Lipinski definition) is 0. The van der Waals surface area contributed by atoms with E-state index in [1.165, 1.54) is 0 Å². The molecule has 0 radical (unpaired) electrons. The lowest BCUT2D eigenvalue weighted by atomic mass is 10.1. The Kier molecular flexibility index (Phi) is 5.08. The monoisotopic (exact) mass is 318 g/mol. The van der Waals surface area contributed by atoms with Crippen LogP contribution < -0.4 is 0 Å². The normalized spacial score (nSPS) is 12.5. The fourth-order valence-corrected chi connectivity index (χ4v) is 1.35. The summed E-state index contributed by atoms with van der Waals surface area (Å²) in [5, 5.41) is 0. The van der Waals surface area contributed by atoms with E-state index in [1.807, 2.05) is 44.2 Å². The Morgan fingerprint density at radius 2 is 1.93 bits per heavy atom. The lowest BCUT2D eigenvalue weighted by molar-refractivity contribution is -0.144. The summed E-state index contributed by atoms with van der Waals surface area (Å²) in [4.78, 5) is 11.5. The van der Waals surface area contributed by atoms with Gasteiger partial charge in [-0.25, -0.2) is 0 Å². The van der Waals surface area contributed by atoms with E-state index >= 15 is 0 Å². The second-order valence-electron chi connectivity index (χ2n) is 3.75. The highest BCUT2D eigenvalue weighted by molar-refractivity contribution is 14.1. The Balaban J connectivity index is 2.43. The van der Waals surface area contributed by atoms with Crippen LogP contribution in [-0.4, -0.2) is 10.1 Å². The molecule has 0 spiro atoms. The molecule has 0 N–H and O–H groups in total. The maximum atomic E-state index is 11.5. The molecule has 1 aromatic rings. The van der Waals surface area contributed by atoms with E-state index in [9.17, 15) is 4.79 Å². The average molecular weight is 318 g/mol. The van der Waals surface area contributed by atoms with E-state index in [-0.39, 0.29) is 10.1 Å². The molecule has 15 heavy (non-hydrogen) atoms. The molecule has 0 saturated heterocycles. The SMILES string of the molecule is CC(C)C(I)OC(=O)Cc1ccccc1. The zero-order valence-electron chi connectivity index (χ0n) is 8.94. The highest BCUT2D eigenvalue weighted by atomic mass is 127. The van der Waals surface area contributed by atoms with Crippen LogP contribution in [0.15, 0.2) is 30.3 Å². The van der Waals surface area contributed by atoms with Crippen molar-refractivity contribution >= 4 is 28.6 Å². The summed E-state index contributed by atoms with van der Waals surface area (Å²) >= 11 is 2.15. The van der Waals surface area contributed by atoms with Gasteiger partial charge in [0.25, 0.3) is 0 Å². The van der Waals surface area contributed by atoms with E-state index in [0.29, 0.717) is 12.3 Å². The van der Waals surface area contributed by atoms with Gasteiger partial charge in [-0.2, -0.15) is 0 Å². The van der Waals surface area contributed by atoms with Crippen molar-refractivity contribution in [2.24, 2.45) is 5.92 Å². The van der Waals surface area contributed by atoms with E-state index < -0.39 is 0 Å². The minimum Gasteiger partial charge on any atom is -0.451 e. The number of hydrogen-bond acceptors (Lipinski definition) is 2. The van der Waals surface area contributed by atoms with E-state index in [2.05, 4.69) is 22.6 Å². The third-order valence-electron chi connectivity index (χ3n) is 1.96. The molecular formula is C12H15IO2. The van der Waals surface area contributed by atoms with Gasteiger partial charge in [0.15, 0.2) is 4.11 Å². The number of carbonyl (C=O) groups excluding carboxylic acids is 1. The van der Waals surface area contributed by atoms with Gasteiger partial charge in [0.1, 0.15) is 0 Å². The second-order valence-corrected chi connectivity index (χ2v) is 4.98. The number of carbonyl (C=O) groups is 1. The molecule has 1 aromatic carbocycles. The molecule has 0 aromatic heterocycles. The first-order chi connectivity index (χ1) is 7.09. The molecule has 3 heteroatoms. The standard InChI is InChI=1S/C12H15IO2/c1-9(2)12(13)15-11(14)8-10-6-4-3-5-7-10/h3-7,9,12H,8H2,1-2H3. The minimum absolute atomic E-state index is 0.0428. The first-order valence-electron chi connectivity index (χ1n) is 4.97. The fraction of sp³-hybridized carbons (Fsp3) is 0.417. The number of ether oxygens (including phenoxy) is 1. The van der Waals surface area contributed by atoms with E-state index in [4.69, 9.17) is 4.74 Å². The highest BCUT2D eigenvalue weighted by Gasteiger charge is 2.14. The summed E-state index contributed by atoms with van der Waals surface area (Å²) in [7, 11) is 0. The summed E-state index contributed by atoms with van der Waals surface area (Å²) in [6.07, 6.45) is 0.354. The maximum absolute atomic E-state index is 11.5. The van der Waals surface area contributed by atoms with Crippen molar-refractivity contribution in [3.05, 3.63) is 35.9 Å². The highest BCUT2D eigenvalue weighted by Crippen LogP contribution is 2.15. The predicted molar refractivity (Wildman–Crippen MR) is 68.9 cm³/mol. The van der Waals surface area contributed by atoms with E-state index in [0.717, 1.165) is 5.56 Å². The van der Waals surface area contributed by atoms with Crippen molar-refractivity contribution in [2.75, 3.05) is 0 Å². The summed E-state index contributed by atoms with van der Waals surface area (Å²) in [6.45, 7) is 4.07. The molecule has 0 aliphatic rings. The molecule has 0 amide bonds. The number of esters is 1. The third kappa shape index (κ3) is 4.64. The lowest BCUT2D eigenvalue weighted by Crippen LogP contribution is -2.18. The number of rotatable bonds is 4. The Labute approximate surface area is 104 Å². The predicted octanol–water partition coefficient (Wildman–Crippen LogP) is 3.19. The summed E-state index contributed by atoms with van der Waals surface area (Å²) in [5.74, 6) is 0.194. The zero-order chi connectivity index (χ0) is 11.3. The summed E-state index contributed by atoms with van der Waals surface area (Å²) in [6, 6.07) is 9.64. The van der Waals surface area contributed by atoms with Crippen molar-refractivity contribution in [1.82, 2.24) is 0 Å². The molecule has 0 bridgehead atoms. The van der Waals surface area contributed by atoms with Gasteiger partial charge in [-0.1, -0.05) is 44.2 Å². The summed E-state index contributed by atoms with van der Waals surface area (Å²) < 4.78 is 5.22. The van der Waals surface area contributed by atoms with Crippen LogP contribution in [0, 0.1) is 5.92 Å². The van der Waals surface area contributed by atoms with Crippen molar-refractivity contribution in [3.63, 3.8) is 0 Å². The van der Waals surface area contributed by atoms with Gasteiger partial charge in [0, 0.05) is 0 Å². The zero-order valence-corrected chi connectivity index (χ0v) is 11.1. The van der Waals surface area contributed by atoms with Gasteiger partial charge < -0.3 is 4.74 Å². The van der Waals surface area contributed by atoms with Crippen molar-refractivity contribution in [2.45, 2.75) is 24.4 Å². The van der Waals surface area contributed by atoms with Crippen molar-refractivity contribution in [1.29, 1.82) is 0 Å². The lowest BCUT2D eigenvalue weighted by Gasteiger charge is -2.14. The van der Waals surface area contributed by atoms with Crippen LogP contribution >= 0.6 is 22.6 Å². The Hall–Kier alpha value is -0.580. The molecular weight excluding hydrogens is 303 g/mol. The van der Waals surface area contributed by atoms with Crippen molar-refractivity contribution in [3.8, 4) is 0 Å². The van der Waals surface area contributed by atoms with Gasteiger partial charge in [0.05, 0.1) is 6.42 Å². The van der Waals surface area contributed by atoms with Gasteiger partial charge in [-0.15, -0.1) is 0 Å². The van der Waals surface area contributed by atoms with Crippen LogP contribution in [0.2, 0.25) is 0 Å². The van der Waals surface area contributed by atoms with Gasteiger partial charge in [0.2, 0.25) is 0 Å². The molecule has 1 unspecified atom stereocenters. The van der Waals surface area contributed by atoms with Crippen LogP contribution in [0.4, 0.5) is 0 Å². The maximum Gasteiger partial charge on any atom is 0.311 e. The quantitative estimate of drug-likeness (QED) is 0.484. The Bertz CT molecular complexity index is 309. The van der Waals surface area contributed by atoms with Crippen LogP contribution in [0.25, 0.3) is 0 Å². The first kappa shape index (κ1) is 12.5. The molecule has 82 valence electrons. The Morgan fingerprint density at radius 1 is 1.33 bits per heavy atom. The van der Waals surface area contributed by atoms with Gasteiger partial charge >= 0.3 is 5.97 Å². The molecule has 0 fully saturated rings. The third-order valence-corrected chi connectivity index (χ3v) is 3.65. The first-order valence-corrected chi connectivity index (χ1v) is 6.21. The van der Waals surface area contributed by atoms with Crippen molar-refractivity contribution < 1.29 is 9.53 Å². The molecule has 0 heterocycles. The fourth-order valence-electron chi connectivity index (χ4n) is 1.07. The molecule has 0 aliphatic carbocycles. The molecule has 1 atom stereocenters. The second kappa shape index (κ2) is 6.10. The molecule has 0 aliphatic heterocycles. The molecule has 1 rings (SSSR count). The van der Waals surface area contributed by atoms with Crippen LogP contribution in [-0.2, 0) is 16.0 Å². The molecule has 0 saturated carbocycles. The van der Waals surface area contributed by atoms with Crippen LogP contribution in [0.3, 0.4) is 0 Å². The van der Waals surface area contributed by atoms with E-state index in [1.54, 1.807) is 0 Å². The molecule has 2 nitrogen and oxygen atoms in total. The van der Waals surface area contributed by atoms with Crippen LogP contribution in [0.5, 0.6) is 0 Å². The van der Waals surface area contributed by atoms with Gasteiger partial charge in [-0.3, -0.25) is 4.79 Å². The number of halogens is 1. The largest absolute Gasteiger partial charge is 0.451 e. The smallest absolute Gasteiger partial charge is 0.311 e. The minimum atomic E-state index is -0.158. The topological polar surface area (TPSA) is 26.3 Å². The van der Waals surface area contributed by atoms with Gasteiger partial charge in [-0.05, 0) is 34.1 Å². The average Bonchev–Trinajstić information content (AvgIpc) is 2.18. The Morgan fingerprint density at radius 3 is 2.47 bits per heavy atom.